The number of phenolic OH excluding ortho intramolecular Hbond substituents is 1. The first kappa shape index (κ1) is 15.9. The Bertz CT molecular complexity index is 802. The molecule has 0 aliphatic heterocycles. The number of rotatable bonds is 5. The van der Waals surface area contributed by atoms with E-state index in [4.69, 9.17) is 9.84 Å². The van der Waals surface area contributed by atoms with Crippen molar-refractivity contribution in [2.24, 2.45) is 5.92 Å². The zero-order chi connectivity index (χ0) is 17.3. The third-order valence-corrected chi connectivity index (χ3v) is 4.17. The number of hydrogen-bond acceptors (Lipinski definition) is 4. The number of amides is 1. The maximum atomic E-state index is 12.4. The molecule has 0 spiro atoms. The molecule has 24 heavy (non-hydrogen) atoms. The van der Waals surface area contributed by atoms with Crippen LogP contribution in [0.25, 0.3) is 0 Å². The highest BCUT2D eigenvalue weighted by molar-refractivity contribution is 6.02. The van der Waals surface area contributed by atoms with Gasteiger partial charge in [-0.1, -0.05) is 18.2 Å². The topological polar surface area (TPSA) is 95.9 Å². The second-order valence-electron chi connectivity index (χ2n) is 5.72. The third-order valence-electron chi connectivity index (χ3n) is 4.17. The predicted molar refractivity (Wildman–Crippen MR) is 87.5 cm³/mol. The average molecular weight is 327 g/mol. The van der Waals surface area contributed by atoms with Crippen LogP contribution in [0.5, 0.6) is 11.5 Å². The number of ether oxygens (including phenoxy) is 1. The number of aromatic carboxylic acids is 1. The third kappa shape index (κ3) is 3.03. The van der Waals surface area contributed by atoms with Crippen LogP contribution >= 0.6 is 0 Å². The summed E-state index contributed by atoms with van der Waals surface area (Å²) >= 11 is 0. The van der Waals surface area contributed by atoms with E-state index in [1.165, 1.54) is 13.2 Å². The lowest BCUT2D eigenvalue weighted by Crippen LogP contribution is -2.17. The Hall–Kier alpha value is -3.02. The van der Waals surface area contributed by atoms with Crippen LogP contribution < -0.4 is 10.1 Å². The summed E-state index contributed by atoms with van der Waals surface area (Å²) in [6.45, 7) is 0. The van der Waals surface area contributed by atoms with Crippen LogP contribution in [0.3, 0.4) is 0 Å². The molecule has 6 nitrogen and oxygen atoms in total. The minimum Gasteiger partial charge on any atom is -0.504 e. The van der Waals surface area contributed by atoms with Gasteiger partial charge < -0.3 is 20.3 Å². The molecule has 0 heterocycles. The van der Waals surface area contributed by atoms with Crippen LogP contribution in [0.4, 0.5) is 5.69 Å². The minimum atomic E-state index is -1.08. The molecule has 2 unspecified atom stereocenters. The largest absolute Gasteiger partial charge is 0.504 e. The Morgan fingerprint density at radius 3 is 2.67 bits per heavy atom. The standard InChI is InChI=1S/C18H17NO5/c1-24-16-8-10(6-7-15(16)20)12-9-13(12)17(21)19-14-5-3-2-4-11(14)18(22)23/h2-8,12-13,20H,9H2,1H3,(H,19,21)(H,22,23). The number of benzene rings is 2. The molecular formula is C18H17NO5. The summed E-state index contributed by atoms with van der Waals surface area (Å²) in [5, 5.41) is 21.5. The van der Waals surface area contributed by atoms with Crippen LogP contribution in [-0.2, 0) is 4.79 Å². The molecule has 0 saturated heterocycles. The van der Waals surface area contributed by atoms with Gasteiger partial charge in [0.2, 0.25) is 5.91 Å². The van der Waals surface area contributed by atoms with Gasteiger partial charge in [0.1, 0.15) is 0 Å². The summed E-state index contributed by atoms with van der Waals surface area (Å²) in [4.78, 5) is 23.6. The highest BCUT2D eigenvalue weighted by Crippen LogP contribution is 2.49. The predicted octanol–water partition coefficient (Wildman–Crippen LogP) is 2.84. The van der Waals surface area contributed by atoms with Crippen molar-refractivity contribution >= 4 is 17.6 Å². The first-order chi connectivity index (χ1) is 11.5. The number of aromatic hydroxyl groups is 1. The lowest BCUT2D eigenvalue weighted by Gasteiger charge is -2.09. The van der Waals surface area contributed by atoms with Gasteiger partial charge >= 0.3 is 5.97 Å². The molecular weight excluding hydrogens is 310 g/mol. The molecule has 1 saturated carbocycles. The van der Waals surface area contributed by atoms with Gasteiger partial charge in [-0.3, -0.25) is 4.79 Å². The fraction of sp³-hybridized carbons (Fsp3) is 0.222. The Balaban J connectivity index is 1.72. The lowest BCUT2D eigenvalue weighted by molar-refractivity contribution is -0.117. The van der Waals surface area contributed by atoms with Crippen LogP contribution in [0.2, 0.25) is 0 Å². The number of methoxy groups -OCH3 is 1. The zero-order valence-electron chi connectivity index (χ0n) is 13.0. The van der Waals surface area contributed by atoms with Crippen molar-refractivity contribution in [2.45, 2.75) is 12.3 Å². The van der Waals surface area contributed by atoms with Crippen LogP contribution in [0.1, 0.15) is 28.3 Å². The highest BCUT2D eigenvalue weighted by Gasteiger charge is 2.44. The highest BCUT2D eigenvalue weighted by atomic mass is 16.5. The van der Waals surface area contributed by atoms with Crippen molar-refractivity contribution in [1.29, 1.82) is 0 Å². The molecule has 1 amide bonds. The summed E-state index contributed by atoms with van der Waals surface area (Å²) < 4.78 is 5.08. The van der Waals surface area contributed by atoms with E-state index in [1.54, 1.807) is 36.4 Å². The minimum absolute atomic E-state index is 0.0384. The van der Waals surface area contributed by atoms with Crippen molar-refractivity contribution in [3.05, 3.63) is 53.6 Å². The number of carboxylic acids is 1. The van der Waals surface area contributed by atoms with E-state index < -0.39 is 5.97 Å². The van der Waals surface area contributed by atoms with E-state index in [0.29, 0.717) is 17.9 Å². The number of hydrogen-bond donors (Lipinski definition) is 3. The molecule has 0 radical (unpaired) electrons. The maximum Gasteiger partial charge on any atom is 0.337 e. The summed E-state index contributed by atoms with van der Waals surface area (Å²) in [7, 11) is 1.47. The number of para-hydroxylation sites is 1. The quantitative estimate of drug-likeness (QED) is 0.785. The van der Waals surface area contributed by atoms with Gasteiger partial charge in [0.25, 0.3) is 0 Å². The Morgan fingerprint density at radius 1 is 1.21 bits per heavy atom. The smallest absolute Gasteiger partial charge is 0.337 e. The number of phenols is 1. The normalized spacial score (nSPS) is 18.7. The second-order valence-corrected chi connectivity index (χ2v) is 5.72. The van der Waals surface area contributed by atoms with Crippen molar-refractivity contribution in [2.75, 3.05) is 12.4 Å². The molecule has 1 aliphatic rings. The summed E-state index contributed by atoms with van der Waals surface area (Å²) in [6, 6.07) is 11.3. The molecule has 6 heteroatoms. The molecule has 2 aromatic rings. The fourth-order valence-corrected chi connectivity index (χ4v) is 2.78. The van der Waals surface area contributed by atoms with Crippen LogP contribution in [0, 0.1) is 5.92 Å². The molecule has 124 valence electrons. The molecule has 1 aliphatic carbocycles. The van der Waals surface area contributed by atoms with Crippen LogP contribution in [0.15, 0.2) is 42.5 Å². The van der Waals surface area contributed by atoms with Crippen molar-refractivity contribution in [3.8, 4) is 11.5 Å². The van der Waals surface area contributed by atoms with Gasteiger partial charge in [0.05, 0.1) is 18.4 Å². The van der Waals surface area contributed by atoms with Gasteiger partial charge in [0.15, 0.2) is 11.5 Å². The Kier molecular flexibility index (Phi) is 4.12. The van der Waals surface area contributed by atoms with E-state index in [9.17, 15) is 14.7 Å². The maximum absolute atomic E-state index is 12.4. The molecule has 1 fully saturated rings. The number of carbonyl (C=O) groups excluding carboxylic acids is 1. The number of carbonyl (C=O) groups is 2. The van der Waals surface area contributed by atoms with Gasteiger partial charge in [-0.2, -0.15) is 0 Å². The Morgan fingerprint density at radius 2 is 1.96 bits per heavy atom. The lowest BCUT2D eigenvalue weighted by atomic mass is 10.1. The number of carboxylic acid groups (broad SMARTS) is 1. The van der Waals surface area contributed by atoms with Crippen molar-refractivity contribution in [3.63, 3.8) is 0 Å². The summed E-state index contributed by atoms with van der Waals surface area (Å²) in [6.07, 6.45) is 0.676. The first-order valence-corrected chi connectivity index (χ1v) is 7.51. The molecule has 2 atom stereocenters. The van der Waals surface area contributed by atoms with E-state index in [-0.39, 0.29) is 29.1 Å². The Labute approximate surface area is 138 Å². The van der Waals surface area contributed by atoms with Gasteiger partial charge in [-0.05, 0) is 42.2 Å². The van der Waals surface area contributed by atoms with E-state index in [1.807, 2.05) is 0 Å². The molecule has 2 aromatic carbocycles. The SMILES string of the molecule is COc1cc(C2CC2C(=O)Nc2ccccc2C(=O)O)ccc1O. The monoisotopic (exact) mass is 327 g/mol. The van der Waals surface area contributed by atoms with Gasteiger partial charge in [-0.25, -0.2) is 4.79 Å². The molecule has 0 bridgehead atoms. The summed E-state index contributed by atoms with van der Waals surface area (Å²) in [5.41, 5.74) is 1.27. The summed E-state index contributed by atoms with van der Waals surface area (Å²) in [5.74, 6) is -1.05. The van der Waals surface area contributed by atoms with Crippen molar-refractivity contribution in [1.82, 2.24) is 0 Å². The number of anilines is 1. The average Bonchev–Trinajstić information content (AvgIpc) is 3.36. The molecule has 3 N–H and O–H groups in total. The molecule has 3 rings (SSSR count). The zero-order valence-corrected chi connectivity index (χ0v) is 13.0. The van der Waals surface area contributed by atoms with E-state index >= 15 is 0 Å². The second kappa shape index (κ2) is 6.23. The van der Waals surface area contributed by atoms with Crippen LogP contribution in [-0.4, -0.2) is 29.2 Å². The van der Waals surface area contributed by atoms with Gasteiger partial charge in [-0.15, -0.1) is 0 Å². The van der Waals surface area contributed by atoms with E-state index in [0.717, 1.165) is 5.56 Å². The fourth-order valence-electron chi connectivity index (χ4n) is 2.78. The number of nitrogens with one attached hydrogen (secondary N) is 1. The molecule has 0 aromatic heterocycles. The first-order valence-electron chi connectivity index (χ1n) is 7.51. The van der Waals surface area contributed by atoms with Crippen molar-refractivity contribution < 1.29 is 24.5 Å². The van der Waals surface area contributed by atoms with Gasteiger partial charge in [0, 0.05) is 5.92 Å². The van der Waals surface area contributed by atoms with E-state index in [2.05, 4.69) is 5.32 Å².